The zero-order valence-electron chi connectivity index (χ0n) is 5.76. The third kappa shape index (κ3) is 1.19. The van der Waals surface area contributed by atoms with E-state index in [4.69, 9.17) is 11.6 Å². The van der Waals surface area contributed by atoms with Crippen molar-refractivity contribution in [3.63, 3.8) is 0 Å². The van der Waals surface area contributed by atoms with E-state index in [0.717, 1.165) is 0 Å². The first-order valence-electron chi connectivity index (χ1n) is 2.84. The molecule has 0 bridgehead atoms. The van der Waals surface area contributed by atoms with E-state index in [0.29, 0.717) is 16.1 Å². The summed E-state index contributed by atoms with van der Waals surface area (Å²) in [6.07, 6.45) is 1.39. The first kappa shape index (κ1) is 7.28. The maximum Gasteiger partial charge on any atom is 0.227 e. The molecule has 0 aliphatic carbocycles. The van der Waals surface area contributed by atoms with Gasteiger partial charge in [0.05, 0.1) is 0 Å². The summed E-state index contributed by atoms with van der Waals surface area (Å²) in [4.78, 5) is 3.88. The molecule has 0 radical (unpaired) electrons. The highest BCUT2D eigenvalue weighted by Gasteiger charge is 2.06. The van der Waals surface area contributed by atoms with Crippen molar-refractivity contribution in [2.75, 3.05) is 0 Å². The van der Waals surface area contributed by atoms with Gasteiger partial charge in [0, 0.05) is 6.92 Å². The van der Waals surface area contributed by atoms with Crippen LogP contribution in [0.25, 0.3) is 0 Å². The Morgan fingerprint density at radius 2 is 2.20 bits per heavy atom. The fourth-order valence-electron chi connectivity index (χ4n) is 0.622. The van der Waals surface area contributed by atoms with Crippen LogP contribution in [-0.4, -0.2) is 4.98 Å². The Morgan fingerprint density at radius 1 is 1.60 bits per heavy atom. The van der Waals surface area contributed by atoms with Gasteiger partial charge in [-0.05, 0) is 6.92 Å². The molecule has 0 aliphatic heterocycles. The third-order valence-electron chi connectivity index (χ3n) is 1.21. The van der Waals surface area contributed by atoms with E-state index in [1.54, 1.807) is 13.8 Å². The standard InChI is InChI=1S/C6H7ClN2O/c1-4-3-9(10)5(2)6(7)8-4/h3H,1-2H3. The van der Waals surface area contributed by atoms with Gasteiger partial charge in [-0.15, -0.1) is 0 Å². The van der Waals surface area contributed by atoms with E-state index in [1.807, 2.05) is 0 Å². The van der Waals surface area contributed by atoms with Gasteiger partial charge in [0.1, 0.15) is 5.69 Å². The van der Waals surface area contributed by atoms with Gasteiger partial charge < -0.3 is 5.21 Å². The average Bonchev–Trinajstić information content (AvgIpc) is 1.82. The largest absolute Gasteiger partial charge is 0.618 e. The van der Waals surface area contributed by atoms with Crippen LogP contribution in [0.2, 0.25) is 5.15 Å². The van der Waals surface area contributed by atoms with E-state index in [-0.39, 0.29) is 5.15 Å². The number of aryl methyl sites for hydroxylation is 1. The molecule has 0 atom stereocenters. The third-order valence-corrected chi connectivity index (χ3v) is 1.57. The summed E-state index contributed by atoms with van der Waals surface area (Å²) in [5, 5.41) is 11.1. The molecule has 0 unspecified atom stereocenters. The van der Waals surface area contributed by atoms with Crippen LogP contribution in [0.3, 0.4) is 0 Å². The molecule has 1 aromatic rings. The van der Waals surface area contributed by atoms with Crippen LogP contribution in [0.4, 0.5) is 0 Å². The summed E-state index contributed by atoms with van der Waals surface area (Å²) in [7, 11) is 0. The maximum absolute atomic E-state index is 10.9. The van der Waals surface area contributed by atoms with Gasteiger partial charge in [-0.2, -0.15) is 4.73 Å². The van der Waals surface area contributed by atoms with Crippen molar-refractivity contribution in [2.45, 2.75) is 13.8 Å². The zero-order valence-corrected chi connectivity index (χ0v) is 6.51. The molecule has 0 aromatic carbocycles. The maximum atomic E-state index is 10.9. The Labute approximate surface area is 63.9 Å². The number of nitrogens with zero attached hydrogens (tertiary/aromatic N) is 2. The molecule has 4 heteroatoms. The van der Waals surface area contributed by atoms with Crippen LogP contribution < -0.4 is 4.73 Å². The molecule has 0 saturated heterocycles. The molecule has 0 fully saturated rings. The minimum Gasteiger partial charge on any atom is -0.618 e. The molecule has 0 amide bonds. The molecule has 10 heavy (non-hydrogen) atoms. The number of rotatable bonds is 0. The molecule has 1 aromatic heterocycles. The number of aromatic nitrogens is 2. The SMILES string of the molecule is Cc1c[n+]([O-])c(C)c(Cl)n1. The highest BCUT2D eigenvalue weighted by Crippen LogP contribution is 2.06. The van der Waals surface area contributed by atoms with Crippen molar-refractivity contribution >= 4 is 11.6 Å². The van der Waals surface area contributed by atoms with E-state index in [1.165, 1.54) is 6.20 Å². The van der Waals surface area contributed by atoms with E-state index < -0.39 is 0 Å². The second kappa shape index (κ2) is 2.42. The van der Waals surface area contributed by atoms with E-state index >= 15 is 0 Å². The lowest BCUT2D eigenvalue weighted by molar-refractivity contribution is -0.613. The lowest BCUT2D eigenvalue weighted by atomic mass is 10.4. The molecule has 0 N–H and O–H groups in total. The Bertz CT molecular complexity index is 239. The molecule has 1 rings (SSSR count). The lowest BCUT2D eigenvalue weighted by Gasteiger charge is -2.00. The molecule has 0 aliphatic rings. The highest BCUT2D eigenvalue weighted by atomic mass is 35.5. The van der Waals surface area contributed by atoms with Gasteiger partial charge in [-0.3, -0.25) is 0 Å². The van der Waals surface area contributed by atoms with Crippen molar-refractivity contribution in [2.24, 2.45) is 0 Å². The number of halogens is 1. The normalized spacial score (nSPS) is 9.90. The molecule has 3 nitrogen and oxygen atoms in total. The molecule has 0 saturated carbocycles. The van der Waals surface area contributed by atoms with Gasteiger partial charge in [-0.1, -0.05) is 11.6 Å². The summed E-state index contributed by atoms with van der Waals surface area (Å²) in [5.41, 5.74) is 1.07. The van der Waals surface area contributed by atoms with Crippen LogP contribution in [0, 0.1) is 19.1 Å². The molecular weight excluding hydrogens is 152 g/mol. The second-order valence-electron chi connectivity index (χ2n) is 2.08. The Balaban J connectivity index is 3.31. The van der Waals surface area contributed by atoms with Crippen molar-refractivity contribution in [1.29, 1.82) is 0 Å². The first-order chi connectivity index (χ1) is 4.61. The number of hydrogen-bond acceptors (Lipinski definition) is 2. The fraction of sp³-hybridized carbons (Fsp3) is 0.333. The van der Waals surface area contributed by atoms with Gasteiger partial charge in [0.2, 0.25) is 11.9 Å². The van der Waals surface area contributed by atoms with Crippen LogP contribution in [-0.2, 0) is 0 Å². The predicted octanol–water partition coefficient (Wildman–Crippen LogP) is 0.985. The van der Waals surface area contributed by atoms with E-state index in [2.05, 4.69) is 4.98 Å². The molecule has 1 heterocycles. The monoisotopic (exact) mass is 158 g/mol. The molecule has 0 spiro atoms. The summed E-state index contributed by atoms with van der Waals surface area (Å²) in [6.45, 7) is 3.35. The zero-order chi connectivity index (χ0) is 7.72. The average molecular weight is 159 g/mol. The first-order valence-corrected chi connectivity index (χ1v) is 3.22. The molecular formula is C6H7ClN2O. The predicted molar refractivity (Wildman–Crippen MR) is 37.7 cm³/mol. The highest BCUT2D eigenvalue weighted by molar-refractivity contribution is 6.29. The van der Waals surface area contributed by atoms with Gasteiger partial charge in [0.25, 0.3) is 0 Å². The van der Waals surface area contributed by atoms with Crippen molar-refractivity contribution in [3.05, 3.63) is 27.9 Å². The van der Waals surface area contributed by atoms with Gasteiger partial charge in [-0.25, -0.2) is 4.98 Å². The minimum absolute atomic E-state index is 0.273. The van der Waals surface area contributed by atoms with Crippen LogP contribution in [0.1, 0.15) is 11.4 Å². The van der Waals surface area contributed by atoms with Crippen molar-refractivity contribution in [3.8, 4) is 0 Å². The smallest absolute Gasteiger partial charge is 0.227 e. The lowest BCUT2D eigenvalue weighted by Crippen LogP contribution is -2.30. The van der Waals surface area contributed by atoms with Crippen molar-refractivity contribution in [1.82, 2.24) is 4.98 Å². The fourth-order valence-corrected chi connectivity index (χ4v) is 0.839. The quantitative estimate of drug-likeness (QED) is 0.417. The Morgan fingerprint density at radius 3 is 2.70 bits per heavy atom. The minimum atomic E-state index is 0.273. The summed E-state index contributed by atoms with van der Waals surface area (Å²) in [6, 6.07) is 0. The van der Waals surface area contributed by atoms with Crippen LogP contribution in [0.15, 0.2) is 6.20 Å². The summed E-state index contributed by atoms with van der Waals surface area (Å²) in [5.74, 6) is 0. The van der Waals surface area contributed by atoms with Crippen LogP contribution >= 0.6 is 11.6 Å². The van der Waals surface area contributed by atoms with Crippen LogP contribution in [0.5, 0.6) is 0 Å². The van der Waals surface area contributed by atoms with Gasteiger partial charge in [0.15, 0.2) is 5.15 Å². The van der Waals surface area contributed by atoms with E-state index in [9.17, 15) is 5.21 Å². The molecule has 54 valence electrons. The summed E-state index contributed by atoms with van der Waals surface area (Å²) < 4.78 is 0.713. The Hall–Kier alpha value is -0.830. The second-order valence-corrected chi connectivity index (χ2v) is 2.44. The Kier molecular flexibility index (Phi) is 1.76. The number of hydrogen-bond donors (Lipinski definition) is 0. The van der Waals surface area contributed by atoms with Gasteiger partial charge >= 0.3 is 0 Å². The topological polar surface area (TPSA) is 39.8 Å². The summed E-state index contributed by atoms with van der Waals surface area (Å²) >= 11 is 5.59. The van der Waals surface area contributed by atoms with Crippen molar-refractivity contribution < 1.29 is 4.73 Å².